The van der Waals surface area contributed by atoms with Crippen molar-refractivity contribution < 1.29 is 23.8 Å². The third-order valence-corrected chi connectivity index (χ3v) is 2.66. The number of imide groups is 1. The van der Waals surface area contributed by atoms with Gasteiger partial charge in [-0.05, 0) is 5.56 Å². The fraction of sp³-hybridized carbons (Fsp3) is 0.231. The molecule has 0 saturated carbocycles. The lowest BCUT2D eigenvalue weighted by Crippen LogP contribution is -2.30. The van der Waals surface area contributed by atoms with Crippen LogP contribution in [-0.2, 0) is 9.53 Å². The summed E-state index contributed by atoms with van der Waals surface area (Å²) in [5.74, 6) is -1.86. The molecule has 1 atom stereocenters. The maximum absolute atomic E-state index is 13.7. The van der Waals surface area contributed by atoms with E-state index in [9.17, 15) is 19.1 Å². The van der Waals surface area contributed by atoms with Crippen LogP contribution in [-0.4, -0.2) is 35.2 Å². The molecule has 100 valence electrons. The molecule has 0 aromatic heterocycles. The van der Waals surface area contributed by atoms with E-state index in [1.54, 1.807) is 18.2 Å². The summed E-state index contributed by atoms with van der Waals surface area (Å²) in [4.78, 5) is 23.5. The molecule has 0 aliphatic carbocycles. The van der Waals surface area contributed by atoms with Crippen LogP contribution >= 0.6 is 0 Å². The number of aliphatic hydroxyl groups is 1. The van der Waals surface area contributed by atoms with Crippen molar-refractivity contribution in [2.75, 3.05) is 13.2 Å². The number of carbonyl (C=O) groups is 2. The van der Waals surface area contributed by atoms with Crippen molar-refractivity contribution in [3.63, 3.8) is 0 Å². The van der Waals surface area contributed by atoms with Gasteiger partial charge in [0, 0.05) is 6.08 Å². The molecule has 1 aliphatic rings. The minimum Gasteiger partial charge on any atom is -0.447 e. The van der Waals surface area contributed by atoms with E-state index in [2.05, 4.69) is 4.74 Å². The van der Waals surface area contributed by atoms with Gasteiger partial charge in [-0.15, -0.1) is 0 Å². The number of hydrogen-bond donors (Lipinski definition) is 1. The second kappa shape index (κ2) is 5.62. The summed E-state index contributed by atoms with van der Waals surface area (Å²) < 4.78 is 18.3. The third-order valence-electron chi connectivity index (χ3n) is 2.66. The van der Waals surface area contributed by atoms with E-state index in [0.717, 1.165) is 4.90 Å². The number of carbonyl (C=O) groups excluding carboxylic acids is 2. The summed E-state index contributed by atoms with van der Waals surface area (Å²) in [5, 5.41) is 9.72. The highest BCUT2D eigenvalue weighted by atomic mass is 19.1. The normalized spacial score (nSPS) is 17.3. The molecule has 1 heterocycles. The Balaban J connectivity index is 2.10. The predicted molar refractivity (Wildman–Crippen MR) is 63.7 cm³/mol. The predicted octanol–water partition coefficient (Wildman–Crippen LogP) is 1.55. The summed E-state index contributed by atoms with van der Waals surface area (Å²) in [6.07, 6.45) is -1.73. The molecular formula is C13H12FNO4. The monoisotopic (exact) mass is 265 g/mol. The average molecular weight is 265 g/mol. The van der Waals surface area contributed by atoms with E-state index in [-0.39, 0.29) is 13.2 Å². The average Bonchev–Trinajstić information content (AvgIpc) is 2.85. The molecule has 0 radical (unpaired) electrons. The van der Waals surface area contributed by atoms with Crippen molar-refractivity contribution in [3.8, 4) is 0 Å². The lowest BCUT2D eigenvalue weighted by atomic mass is 10.1. The van der Waals surface area contributed by atoms with Gasteiger partial charge in [0.1, 0.15) is 18.5 Å². The first-order chi connectivity index (χ1) is 9.09. The van der Waals surface area contributed by atoms with Crippen molar-refractivity contribution >= 4 is 12.0 Å². The Bertz CT molecular complexity index is 515. The van der Waals surface area contributed by atoms with Crippen molar-refractivity contribution in [1.29, 1.82) is 0 Å². The summed E-state index contributed by atoms with van der Waals surface area (Å²) in [7, 11) is 0. The van der Waals surface area contributed by atoms with Crippen LogP contribution in [0, 0.1) is 0 Å². The van der Waals surface area contributed by atoms with Gasteiger partial charge in [0.15, 0.2) is 0 Å². The first kappa shape index (κ1) is 13.2. The number of cyclic esters (lactones) is 1. The van der Waals surface area contributed by atoms with Crippen LogP contribution in [0.1, 0.15) is 11.7 Å². The Kier molecular flexibility index (Phi) is 3.91. The topological polar surface area (TPSA) is 66.8 Å². The number of rotatable bonds is 3. The van der Waals surface area contributed by atoms with Crippen LogP contribution in [0.2, 0.25) is 0 Å². The lowest BCUT2D eigenvalue weighted by Gasteiger charge is -2.10. The largest absolute Gasteiger partial charge is 0.447 e. The Morgan fingerprint density at radius 2 is 2.11 bits per heavy atom. The van der Waals surface area contributed by atoms with Gasteiger partial charge in [-0.1, -0.05) is 30.3 Å². The maximum Gasteiger partial charge on any atom is 0.416 e. The summed E-state index contributed by atoms with van der Waals surface area (Å²) >= 11 is 0. The second-order valence-corrected chi connectivity index (χ2v) is 3.95. The van der Waals surface area contributed by atoms with Gasteiger partial charge in [0.05, 0.1) is 6.54 Å². The molecule has 2 amide bonds. The van der Waals surface area contributed by atoms with E-state index in [1.165, 1.54) is 12.1 Å². The molecule has 5 nitrogen and oxygen atoms in total. The lowest BCUT2D eigenvalue weighted by molar-refractivity contribution is -0.122. The minimum absolute atomic E-state index is 0.0862. The van der Waals surface area contributed by atoms with Crippen LogP contribution < -0.4 is 0 Å². The van der Waals surface area contributed by atoms with Gasteiger partial charge in [-0.2, -0.15) is 0 Å². The first-order valence-corrected chi connectivity index (χ1v) is 5.68. The summed E-state index contributed by atoms with van der Waals surface area (Å²) in [6.45, 7) is 0.185. The van der Waals surface area contributed by atoms with Gasteiger partial charge in [-0.25, -0.2) is 14.1 Å². The van der Waals surface area contributed by atoms with Crippen LogP contribution in [0.15, 0.2) is 42.2 Å². The van der Waals surface area contributed by atoms with Crippen molar-refractivity contribution in [2.24, 2.45) is 0 Å². The number of amides is 2. The molecule has 1 fully saturated rings. The van der Waals surface area contributed by atoms with Crippen LogP contribution in [0.3, 0.4) is 0 Å². The second-order valence-electron chi connectivity index (χ2n) is 3.95. The van der Waals surface area contributed by atoms with E-state index in [4.69, 9.17) is 0 Å². The van der Waals surface area contributed by atoms with Gasteiger partial charge < -0.3 is 9.84 Å². The molecule has 1 aliphatic heterocycles. The standard InChI is InChI=1S/C13H12FNO4/c14-10(12(17)9-4-2-1-3-5-9)8-11(16)15-6-7-19-13(15)18/h1-5,8,12,17H,6-7H2/b10-8-. The van der Waals surface area contributed by atoms with E-state index >= 15 is 0 Å². The smallest absolute Gasteiger partial charge is 0.416 e. The summed E-state index contributed by atoms with van der Waals surface area (Å²) in [5.41, 5.74) is 0.327. The molecule has 2 rings (SSSR count). The van der Waals surface area contributed by atoms with Gasteiger partial charge in [0.25, 0.3) is 5.91 Å². The minimum atomic E-state index is -1.52. The Hall–Kier alpha value is -2.21. The van der Waals surface area contributed by atoms with E-state index in [1.807, 2.05) is 0 Å². The number of ether oxygens (including phenoxy) is 1. The molecular weight excluding hydrogens is 253 g/mol. The zero-order valence-electron chi connectivity index (χ0n) is 9.95. The molecule has 19 heavy (non-hydrogen) atoms. The van der Waals surface area contributed by atoms with Crippen LogP contribution in [0.4, 0.5) is 9.18 Å². The van der Waals surface area contributed by atoms with Crippen LogP contribution in [0.5, 0.6) is 0 Å². The van der Waals surface area contributed by atoms with Gasteiger partial charge in [-0.3, -0.25) is 4.79 Å². The zero-order valence-corrected chi connectivity index (χ0v) is 9.95. The highest BCUT2D eigenvalue weighted by Gasteiger charge is 2.28. The fourth-order valence-electron chi connectivity index (χ4n) is 1.66. The maximum atomic E-state index is 13.7. The Morgan fingerprint density at radius 1 is 1.42 bits per heavy atom. The Morgan fingerprint density at radius 3 is 2.68 bits per heavy atom. The number of halogens is 1. The highest BCUT2D eigenvalue weighted by Crippen LogP contribution is 2.22. The van der Waals surface area contributed by atoms with E-state index in [0.29, 0.717) is 11.6 Å². The Labute approximate surface area is 108 Å². The molecule has 1 aromatic rings. The number of benzene rings is 1. The first-order valence-electron chi connectivity index (χ1n) is 5.68. The van der Waals surface area contributed by atoms with E-state index < -0.39 is 23.9 Å². The molecule has 6 heteroatoms. The van der Waals surface area contributed by atoms with Crippen molar-refractivity contribution in [3.05, 3.63) is 47.8 Å². The molecule has 1 unspecified atom stereocenters. The molecule has 0 spiro atoms. The number of nitrogens with zero attached hydrogens (tertiary/aromatic N) is 1. The molecule has 1 aromatic carbocycles. The number of hydrogen-bond acceptors (Lipinski definition) is 4. The molecule has 1 saturated heterocycles. The summed E-state index contributed by atoms with van der Waals surface area (Å²) in [6, 6.07) is 8.08. The van der Waals surface area contributed by atoms with Gasteiger partial charge >= 0.3 is 6.09 Å². The third kappa shape index (κ3) is 2.97. The zero-order chi connectivity index (χ0) is 13.8. The quantitative estimate of drug-likeness (QED) is 0.842. The molecule has 1 N–H and O–H groups in total. The van der Waals surface area contributed by atoms with Gasteiger partial charge in [0.2, 0.25) is 0 Å². The van der Waals surface area contributed by atoms with Crippen LogP contribution in [0.25, 0.3) is 0 Å². The number of aliphatic hydroxyl groups excluding tert-OH is 1. The fourth-order valence-corrected chi connectivity index (χ4v) is 1.66. The molecule has 0 bridgehead atoms. The van der Waals surface area contributed by atoms with Crippen molar-refractivity contribution in [2.45, 2.75) is 6.10 Å². The highest BCUT2D eigenvalue weighted by molar-refractivity contribution is 5.99. The van der Waals surface area contributed by atoms with Crippen molar-refractivity contribution in [1.82, 2.24) is 4.90 Å². The SMILES string of the molecule is O=C(/C=C(\F)C(O)c1ccccc1)N1CCOC1=O.